The summed E-state index contributed by atoms with van der Waals surface area (Å²) in [6.07, 6.45) is 0. The lowest BCUT2D eigenvalue weighted by Gasteiger charge is -2.05. The number of hydrogen-bond donors (Lipinski definition) is 0. The molecule has 0 spiro atoms. The summed E-state index contributed by atoms with van der Waals surface area (Å²) in [5.74, 6) is -1.10. The van der Waals surface area contributed by atoms with Crippen LogP contribution in [0.15, 0.2) is 48.5 Å². The summed E-state index contributed by atoms with van der Waals surface area (Å²) < 4.78 is 18.7. The summed E-state index contributed by atoms with van der Waals surface area (Å²) >= 11 is 0. The molecule has 0 radical (unpaired) electrons. The van der Waals surface area contributed by atoms with Crippen molar-refractivity contribution in [3.8, 4) is 6.07 Å². The van der Waals surface area contributed by atoms with Crippen molar-refractivity contribution in [2.24, 2.45) is 0 Å². The van der Waals surface area contributed by atoms with Crippen molar-refractivity contribution in [3.63, 3.8) is 0 Å². The van der Waals surface area contributed by atoms with Crippen molar-refractivity contribution in [3.05, 3.63) is 71.0 Å². The van der Waals surface area contributed by atoms with Crippen LogP contribution in [0, 0.1) is 17.1 Å². The van der Waals surface area contributed by atoms with Gasteiger partial charge in [-0.1, -0.05) is 36.4 Å². The van der Waals surface area contributed by atoms with E-state index in [0.717, 1.165) is 11.6 Å². The normalized spacial score (nSPS) is 10.0. The van der Waals surface area contributed by atoms with Gasteiger partial charge in [0, 0.05) is 5.56 Å². The summed E-state index contributed by atoms with van der Waals surface area (Å²) in [6, 6.07) is 15.1. The predicted molar refractivity (Wildman–Crippen MR) is 71.5 cm³/mol. The second kappa shape index (κ2) is 6.60. The van der Waals surface area contributed by atoms with E-state index in [1.54, 1.807) is 6.07 Å². The Morgan fingerprint density at radius 2 is 1.90 bits per heavy atom. The number of nitriles is 1. The molecule has 0 N–H and O–H groups in total. The maximum atomic E-state index is 13.4. The van der Waals surface area contributed by atoms with Gasteiger partial charge >= 0.3 is 0 Å². The van der Waals surface area contributed by atoms with E-state index < -0.39 is 11.6 Å². The van der Waals surface area contributed by atoms with E-state index in [4.69, 9.17) is 10.00 Å². The molecule has 0 heterocycles. The second-order valence-electron chi connectivity index (χ2n) is 4.18. The Morgan fingerprint density at radius 1 is 1.15 bits per heavy atom. The van der Waals surface area contributed by atoms with Gasteiger partial charge in [0.2, 0.25) is 0 Å². The highest BCUT2D eigenvalue weighted by Crippen LogP contribution is 2.13. The fourth-order valence-electron chi connectivity index (χ4n) is 1.78. The van der Waals surface area contributed by atoms with E-state index in [1.165, 1.54) is 12.1 Å². The van der Waals surface area contributed by atoms with Gasteiger partial charge in [0.15, 0.2) is 5.78 Å². The summed E-state index contributed by atoms with van der Waals surface area (Å²) in [6.45, 7) is 0.108. The molecule has 4 heteroatoms. The van der Waals surface area contributed by atoms with Crippen molar-refractivity contribution < 1.29 is 13.9 Å². The first-order valence-corrected chi connectivity index (χ1v) is 6.06. The molecular formula is C16H12FNO2. The number of rotatable bonds is 5. The molecule has 20 heavy (non-hydrogen) atoms. The van der Waals surface area contributed by atoms with Gasteiger partial charge in [-0.3, -0.25) is 4.79 Å². The van der Waals surface area contributed by atoms with Crippen molar-refractivity contribution in [2.75, 3.05) is 6.61 Å². The van der Waals surface area contributed by atoms with Gasteiger partial charge in [0.25, 0.3) is 0 Å². The smallest absolute Gasteiger partial charge is 0.189 e. The molecule has 100 valence electrons. The van der Waals surface area contributed by atoms with Crippen LogP contribution in [0.25, 0.3) is 0 Å². The molecule has 2 aromatic carbocycles. The van der Waals surface area contributed by atoms with E-state index in [2.05, 4.69) is 0 Å². The lowest BCUT2D eigenvalue weighted by atomic mass is 10.0. The largest absolute Gasteiger partial charge is 0.369 e. The molecule has 0 fully saturated rings. The average molecular weight is 269 g/mol. The molecule has 0 aliphatic heterocycles. The Kier molecular flexibility index (Phi) is 4.59. The van der Waals surface area contributed by atoms with Crippen molar-refractivity contribution in [1.29, 1.82) is 5.26 Å². The number of hydrogen-bond acceptors (Lipinski definition) is 3. The van der Waals surface area contributed by atoms with Crippen molar-refractivity contribution in [1.82, 2.24) is 0 Å². The number of benzene rings is 2. The van der Waals surface area contributed by atoms with E-state index in [-0.39, 0.29) is 17.7 Å². The van der Waals surface area contributed by atoms with Gasteiger partial charge in [0.1, 0.15) is 18.5 Å². The molecule has 0 saturated heterocycles. The molecule has 0 saturated carbocycles. The predicted octanol–water partition coefficient (Wildman–Crippen LogP) is 3.10. The minimum atomic E-state index is -0.693. The van der Waals surface area contributed by atoms with E-state index in [1.807, 2.05) is 30.3 Å². The van der Waals surface area contributed by atoms with Crippen LogP contribution < -0.4 is 0 Å². The Bertz CT molecular complexity index is 647. The van der Waals surface area contributed by atoms with Gasteiger partial charge < -0.3 is 4.74 Å². The van der Waals surface area contributed by atoms with Crippen LogP contribution >= 0.6 is 0 Å². The zero-order valence-electron chi connectivity index (χ0n) is 10.7. The highest BCUT2D eigenvalue weighted by molar-refractivity contribution is 5.99. The molecule has 0 bridgehead atoms. The highest BCUT2D eigenvalue weighted by Gasteiger charge is 2.14. The minimum absolute atomic E-state index is 0.0561. The first-order valence-electron chi connectivity index (χ1n) is 6.06. The van der Waals surface area contributed by atoms with Crippen molar-refractivity contribution in [2.45, 2.75) is 6.61 Å². The lowest BCUT2D eigenvalue weighted by molar-refractivity contribution is 0.0726. The molecule has 0 aliphatic carbocycles. The molecular weight excluding hydrogens is 257 g/mol. The fourth-order valence-corrected chi connectivity index (χ4v) is 1.78. The molecule has 0 atom stereocenters. The van der Waals surface area contributed by atoms with Crippen LogP contribution in [0.2, 0.25) is 0 Å². The first-order chi connectivity index (χ1) is 9.72. The van der Waals surface area contributed by atoms with E-state index in [9.17, 15) is 9.18 Å². The van der Waals surface area contributed by atoms with Crippen LogP contribution in [0.1, 0.15) is 21.5 Å². The third-order valence-corrected chi connectivity index (χ3v) is 2.77. The number of nitrogens with zero attached hydrogens (tertiary/aromatic N) is 1. The number of carbonyl (C=O) groups excluding carboxylic acids is 1. The maximum absolute atomic E-state index is 13.4. The third kappa shape index (κ3) is 3.28. The molecule has 0 aromatic heterocycles. The fraction of sp³-hybridized carbons (Fsp3) is 0.125. The van der Waals surface area contributed by atoms with E-state index in [0.29, 0.717) is 6.61 Å². The third-order valence-electron chi connectivity index (χ3n) is 2.77. The summed E-state index contributed by atoms with van der Waals surface area (Å²) in [5.41, 5.74) is 0.765. The Labute approximate surface area is 116 Å². The topological polar surface area (TPSA) is 50.1 Å². The van der Waals surface area contributed by atoms with Gasteiger partial charge in [-0.05, 0) is 17.7 Å². The van der Waals surface area contributed by atoms with Crippen molar-refractivity contribution >= 4 is 5.78 Å². The van der Waals surface area contributed by atoms with Crippen LogP contribution in [-0.2, 0) is 11.3 Å². The SMILES string of the molecule is N#Cc1c(F)cccc1C(=O)COCc1ccccc1. The number of carbonyl (C=O) groups is 1. The van der Waals surface area contributed by atoms with Gasteiger partial charge in [-0.2, -0.15) is 5.26 Å². The summed E-state index contributed by atoms with van der Waals surface area (Å²) in [7, 11) is 0. The summed E-state index contributed by atoms with van der Waals surface area (Å²) in [4.78, 5) is 11.9. The monoisotopic (exact) mass is 269 g/mol. The standard InChI is InChI=1S/C16H12FNO2/c17-15-8-4-7-13(14(15)9-18)16(19)11-20-10-12-5-2-1-3-6-12/h1-8H,10-11H2. The second-order valence-corrected chi connectivity index (χ2v) is 4.18. The van der Waals surface area contributed by atoms with Crippen LogP contribution in [0.5, 0.6) is 0 Å². The molecule has 2 rings (SSSR count). The Balaban J connectivity index is 2.00. The lowest BCUT2D eigenvalue weighted by Crippen LogP contribution is -2.11. The Hall–Kier alpha value is -2.51. The number of Topliss-reactive ketones (excluding diaryl/α,β-unsaturated/α-hetero) is 1. The molecule has 0 amide bonds. The van der Waals surface area contributed by atoms with Gasteiger partial charge in [0.05, 0.1) is 12.2 Å². The zero-order chi connectivity index (χ0) is 14.4. The molecule has 3 nitrogen and oxygen atoms in total. The van der Waals surface area contributed by atoms with Gasteiger partial charge in [-0.15, -0.1) is 0 Å². The Morgan fingerprint density at radius 3 is 2.60 bits per heavy atom. The first kappa shape index (κ1) is 13.9. The number of halogens is 1. The average Bonchev–Trinajstić information content (AvgIpc) is 2.48. The number of ketones is 1. The molecule has 0 aliphatic rings. The molecule has 2 aromatic rings. The molecule has 0 unspecified atom stereocenters. The maximum Gasteiger partial charge on any atom is 0.189 e. The summed E-state index contributed by atoms with van der Waals surface area (Å²) in [5, 5.41) is 8.87. The minimum Gasteiger partial charge on any atom is -0.369 e. The highest BCUT2D eigenvalue weighted by atomic mass is 19.1. The number of ether oxygens (including phenoxy) is 1. The zero-order valence-corrected chi connectivity index (χ0v) is 10.7. The quantitative estimate of drug-likeness (QED) is 0.784. The van der Waals surface area contributed by atoms with Crippen LogP contribution in [0.4, 0.5) is 4.39 Å². The van der Waals surface area contributed by atoms with E-state index >= 15 is 0 Å². The van der Waals surface area contributed by atoms with Crippen LogP contribution in [0.3, 0.4) is 0 Å². The van der Waals surface area contributed by atoms with Gasteiger partial charge in [-0.25, -0.2) is 4.39 Å². The van der Waals surface area contributed by atoms with Crippen LogP contribution in [-0.4, -0.2) is 12.4 Å².